The first-order valence-corrected chi connectivity index (χ1v) is 5.87. The first kappa shape index (κ1) is 9.85. The molecule has 1 fully saturated rings. The van der Waals surface area contributed by atoms with E-state index in [4.69, 9.17) is 4.74 Å². The highest BCUT2D eigenvalue weighted by Crippen LogP contribution is 2.29. The molecule has 3 rings (SSSR count). The predicted molar refractivity (Wildman–Crippen MR) is 61.5 cm³/mol. The summed E-state index contributed by atoms with van der Waals surface area (Å²) in [5, 5.41) is 0. The molecule has 3 nitrogen and oxygen atoms in total. The molecular weight excluding hydrogens is 202 g/mol. The van der Waals surface area contributed by atoms with Gasteiger partial charge in [0.05, 0.1) is 0 Å². The Morgan fingerprint density at radius 1 is 1.38 bits per heavy atom. The molecular formula is C13H15NO2. The molecule has 0 unspecified atom stereocenters. The van der Waals surface area contributed by atoms with Crippen LogP contribution in [0.2, 0.25) is 0 Å². The quantitative estimate of drug-likeness (QED) is 0.717. The van der Waals surface area contributed by atoms with E-state index in [-0.39, 0.29) is 12.0 Å². The maximum atomic E-state index is 12.2. The van der Waals surface area contributed by atoms with Gasteiger partial charge in [0.1, 0.15) is 6.10 Å². The highest BCUT2D eigenvalue weighted by Gasteiger charge is 2.32. The minimum atomic E-state index is -0.203. The Labute approximate surface area is 95.0 Å². The Morgan fingerprint density at radius 2 is 2.25 bits per heavy atom. The third-order valence-corrected chi connectivity index (χ3v) is 3.36. The summed E-state index contributed by atoms with van der Waals surface area (Å²) < 4.78 is 5.45. The number of para-hydroxylation sites is 1. The van der Waals surface area contributed by atoms with Gasteiger partial charge < -0.3 is 9.64 Å². The zero-order chi connectivity index (χ0) is 11.0. The van der Waals surface area contributed by atoms with Crippen molar-refractivity contribution in [1.82, 2.24) is 0 Å². The lowest BCUT2D eigenvalue weighted by Gasteiger charge is -2.20. The molecule has 1 aromatic carbocycles. The molecule has 0 spiro atoms. The van der Waals surface area contributed by atoms with Crippen LogP contribution in [0.1, 0.15) is 18.4 Å². The van der Waals surface area contributed by atoms with Crippen LogP contribution in [-0.4, -0.2) is 25.2 Å². The number of amides is 1. The summed E-state index contributed by atoms with van der Waals surface area (Å²) in [6.07, 6.45) is 2.64. The monoisotopic (exact) mass is 217 g/mol. The molecule has 2 aliphatic rings. The maximum absolute atomic E-state index is 12.2. The van der Waals surface area contributed by atoms with Crippen molar-refractivity contribution in [2.45, 2.75) is 25.4 Å². The molecule has 1 amide bonds. The van der Waals surface area contributed by atoms with Gasteiger partial charge in [0, 0.05) is 18.8 Å². The van der Waals surface area contributed by atoms with E-state index in [0.29, 0.717) is 0 Å². The molecule has 84 valence electrons. The van der Waals surface area contributed by atoms with E-state index in [1.165, 1.54) is 5.56 Å². The molecule has 0 radical (unpaired) electrons. The predicted octanol–water partition coefficient (Wildman–Crippen LogP) is 1.75. The van der Waals surface area contributed by atoms with Crippen molar-refractivity contribution in [2.75, 3.05) is 18.1 Å². The number of nitrogens with zero attached hydrogens (tertiary/aromatic N) is 1. The highest BCUT2D eigenvalue weighted by molar-refractivity contribution is 5.98. The zero-order valence-electron chi connectivity index (χ0n) is 9.19. The fourth-order valence-electron chi connectivity index (χ4n) is 2.51. The van der Waals surface area contributed by atoms with E-state index >= 15 is 0 Å². The van der Waals surface area contributed by atoms with Gasteiger partial charge in [-0.1, -0.05) is 18.2 Å². The van der Waals surface area contributed by atoms with Gasteiger partial charge in [0.2, 0.25) is 0 Å². The Morgan fingerprint density at radius 3 is 3.06 bits per heavy atom. The average Bonchev–Trinajstić information content (AvgIpc) is 2.98. The Hall–Kier alpha value is -1.35. The molecule has 0 aromatic heterocycles. The topological polar surface area (TPSA) is 29.5 Å². The van der Waals surface area contributed by atoms with E-state index in [2.05, 4.69) is 6.07 Å². The SMILES string of the molecule is O=C([C@H]1CCCO1)N1CCc2ccccc21. The molecule has 2 heterocycles. The molecule has 16 heavy (non-hydrogen) atoms. The Balaban J connectivity index is 1.84. The van der Waals surface area contributed by atoms with Crippen molar-refractivity contribution in [1.29, 1.82) is 0 Å². The molecule has 1 atom stereocenters. The number of benzene rings is 1. The first-order chi connectivity index (χ1) is 7.86. The molecule has 1 saturated heterocycles. The van der Waals surface area contributed by atoms with E-state index in [9.17, 15) is 4.79 Å². The molecule has 3 heteroatoms. The van der Waals surface area contributed by atoms with Gasteiger partial charge >= 0.3 is 0 Å². The van der Waals surface area contributed by atoms with Crippen LogP contribution in [-0.2, 0) is 16.0 Å². The number of ether oxygens (including phenoxy) is 1. The number of rotatable bonds is 1. The molecule has 0 bridgehead atoms. The fourth-order valence-corrected chi connectivity index (χ4v) is 2.51. The normalized spacial score (nSPS) is 23.5. The van der Waals surface area contributed by atoms with Crippen LogP contribution < -0.4 is 4.90 Å². The largest absolute Gasteiger partial charge is 0.368 e. The summed E-state index contributed by atoms with van der Waals surface area (Å²) in [5.41, 5.74) is 2.34. The minimum Gasteiger partial charge on any atom is -0.368 e. The second-order valence-electron chi connectivity index (χ2n) is 4.37. The Bertz CT molecular complexity index is 410. The average molecular weight is 217 g/mol. The number of carbonyl (C=O) groups excluding carboxylic acids is 1. The van der Waals surface area contributed by atoms with E-state index in [0.717, 1.165) is 38.1 Å². The van der Waals surface area contributed by atoms with Crippen LogP contribution in [0, 0.1) is 0 Å². The van der Waals surface area contributed by atoms with Gasteiger partial charge in [-0.3, -0.25) is 4.79 Å². The summed E-state index contributed by atoms with van der Waals surface area (Å²) in [6, 6.07) is 8.13. The van der Waals surface area contributed by atoms with Gasteiger partial charge in [-0.05, 0) is 30.9 Å². The molecule has 1 aromatic rings. The second-order valence-corrected chi connectivity index (χ2v) is 4.37. The van der Waals surface area contributed by atoms with E-state index < -0.39 is 0 Å². The summed E-state index contributed by atoms with van der Waals surface area (Å²) in [4.78, 5) is 14.1. The van der Waals surface area contributed by atoms with E-state index in [1.807, 2.05) is 23.1 Å². The lowest BCUT2D eigenvalue weighted by atomic mass is 10.1. The standard InChI is InChI=1S/C13H15NO2/c15-13(12-6-3-9-16-12)14-8-7-10-4-1-2-5-11(10)14/h1-2,4-5,12H,3,6-9H2/t12-/m1/s1. The number of hydrogen-bond donors (Lipinski definition) is 0. The maximum Gasteiger partial charge on any atom is 0.256 e. The lowest BCUT2D eigenvalue weighted by Crippen LogP contribution is -2.37. The van der Waals surface area contributed by atoms with Crippen LogP contribution in [0.3, 0.4) is 0 Å². The lowest BCUT2D eigenvalue weighted by molar-refractivity contribution is -0.127. The fraction of sp³-hybridized carbons (Fsp3) is 0.462. The summed E-state index contributed by atoms with van der Waals surface area (Å²) in [7, 11) is 0. The van der Waals surface area contributed by atoms with Gasteiger partial charge in [-0.25, -0.2) is 0 Å². The highest BCUT2D eigenvalue weighted by atomic mass is 16.5. The van der Waals surface area contributed by atoms with Gasteiger partial charge in [0.25, 0.3) is 5.91 Å². The second kappa shape index (κ2) is 3.91. The molecule has 0 aliphatic carbocycles. The molecule has 2 aliphatic heterocycles. The van der Waals surface area contributed by atoms with Gasteiger partial charge in [-0.2, -0.15) is 0 Å². The van der Waals surface area contributed by atoms with Crippen molar-refractivity contribution in [2.24, 2.45) is 0 Å². The summed E-state index contributed by atoms with van der Waals surface area (Å²) in [6.45, 7) is 1.53. The van der Waals surface area contributed by atoms with Crippen LogP contribution in [0.4, 0.5) is 5.69 Å². The zero-order valence-corrected chi connectivity index (χ0v) is 9.19. The number of hydrogen-bond acceptors (Lipinski definition) is 2. The van der Waals surface area contributed by atoms with Crippen molar-refractivity contribution in [3.05, 3.63) is 29.8 Å². The van der Waals surface area contributed by atoms with Crippen molar-refractivity contribution >= 4 is 11.6 Å². The summed E-state index contributed by atoms with van der Waals surface area (Å²) >= 11 is 0. The van der Waals surface area contributed by atoms with Crippen LogP contribution in [0.15, 0.2) is 24.3 Å². The minimum absolute atomic E-state index is 0.141. The Kier molecular flexibility index (Phi) is 2.40. The third kappa shape index (κ3) is 1.52. The smallest absolute Gasteiger partial charge is 0.256 e. The van der Waals surface area contributed by atoms with Crippen LogP contribution >= 0.6 is 0 Å². The van der Waals surface area contributed by atoms with Crippen LogP contribution in [0.25, 0.3) is 0 Å². The number of carbonyl (C=O) groups is 1. The number of fused-ring (bicyclic) bond motifs is 1. The van der Waals surface area contributed by atoms with Crippen LogP contribution in [0.5, 0.6) is 0 Å². The van der Waals surface area contributed by atoms with Crippen molar-refractivity contribution in [3.63, 3.8) is 0 Å². The molecule has 0 saturated carbocycles. The first-order valence-electron chi connectivity index (χ1n) is 5.87. The molecule has 0 N–H and O–H groups in total. The van der Waals surface area contributed by atoms with Gasteiger partial charge in [-0.15, -0.1) is 0 Å². The van der Waals surface area contributed by atoms with Crippen molar-refractivity contribution in [3.8, 4) is 0 Å². The van der Waals surface area contributed by atoms with Gasteiger partial charge in [0.15, 0.2) is 0 Å². The summed E-state index contributed by atoms with van der Waals surface area (Å²) in [5.74, 6) is 0.141. The number of anilines is 1. The van der Waals surface area contributed by atoms with E-state index in [1.54, 1.807) is 0 Å². The van der Waals surface area contributed by atoms with Crippen molar-refractivity contribution < 1.29 is 9.53 Å². The third-order valence-electron chi connectivity index (χ3n) is 3.36.